The van der Waals surface area contributed by atoms with Crippen molar-refractivity contribution in [3.8, 4) is 11.4 Å². The van der Waals surface area contributed by atoms with Gasteiger partial charge in [-0.2, -0.15) is 19.9 Å². The van der Waals surface area contributed by atoms with Crippen LogP contribution in [0.25, 0.3) is 11.4 Å². The molecule has 4 nitrogen and oxygen atoms in total. The molecule has 0 aliphatic rings. The Kier molecular flexibility index (Phi) is 4.42. The van der Waals surface area contributed by atoms with Crippen molar-refractivity contribution in [3.63, 3.8) is 0 Å². The Morgan fingerprint density at radius 2 is 1.45 bits per heavy atom. The molecule has 0 aliphatic heterocycles. The summed E-state index contributed by atoms with van der Waals surface area (Å²) < 4.78 is 0. The average Bonchev–Trinajstić information content (AvgIpc) is 2.56. The lowest BCUT2D eigenvalue weighted by molar-refractivity contribution is 1.05. The summed E-state index contributed by atoms with van der Waals surface area (Å²) >= 11 is 12.2. The minimum atomic E-state index is 0.0742. The molecule has 0 N–H and O–H groups in total. The van der Waals surface area contributed by atoms with Gasteiger partial charge in [0, 0.05) is 11.1 Å². The second-order valence-electron chi connectivity index (χ2n) is 4.36. The van der Waals surface area contributed by atoms with E-state index >= 15 is 0 Å². The van der Waals surface area contributed by atoms with E-state index in [1.54, 1.807) is 0 Å². The van der Waals surface area contributed by atoms with Crippen LogP contribution in [0.5, 0.6) is 0 Å². The molecule has 0 amide bonds. The molecule has 0 saturated heterocycles. The van der Waals surface area contributed by atoms with Gasteiger partial charge in [0.05, 0.1) is 0 Å². The molecule has 1 heterocycles. The molecule has 0 unspecified atom stereocenters. The van der Waals surface area contributed by atoms with Gasteiger partial charge >= 0.3 is 0 Å². The normalized spacial score (nSPS) is 11.5. The largest absolute Gasteiger partial charge is 0.255 e. The zero-order valence-corrected chi connectivity index (χ0v) is 12.8. The number of rotatable bonds is 3. The van der Waals surface area contributed by atoms with E-state index < -0.39 is 0 Å². The van der Waals surface area contributed by atoms with E-state index in [1.807, 2.05) is 60.7 Å². The number of aliphatic imine (C=N–C) groups is 1. The maximum absolute atomic E-state index is 6.20. The van der Waals surface area contributed by atoms with Crippen LogP contribution in [0.15, 0.2) is 65.7 Å². The molecule has 108 valence electrons. The topological polar surface area (TPSA) is 51.0 Å². The highest BCUT2D eigenvalue weighted by molar-refractivity contribution is 6.69. The van der Waals surface area contributed by atoms with Gasteiger partial charge in [-0.05, 0) is 11.6 Å². The van der Waals surface area contributed by atoms with Crippen molar-refractivity contribution in [2.45, 2.75) is 0 Å². The summed E-state index contributed by atoms with van der Waals surface area (Å²) in [5, 5.41) is 0.368. The molecule has 0 saturated carbocycles. The van der Waals surface area contributed by atoms with Gasteiger partial charge in [-0.1, -0.05) is 72.3 Å². The van der Waals surface area contributed by atoms with E-state index in [0.717, 1.165) is 11.1 Å². The molecule has 0 bridgehead atoms. The summed E-state index contributed by atoms with van der Waals surface area (Å²) in [6.45, 7) is 0. The van der Waals surface area contributed by atoms with Crippen LogP contribution in [0.4, 0.5) is 5.95 Å². The van der Waals surface area contributed by atoms with E-state index in [0.29, 0.717) is 11.0 Å². The van der Waals surface area contributed by atoms with Gasteiger partial charge in [0.15, 0.2) is 5.82 Å². The molecule has 2 aromatic carbocycles. The van der Waals surface area contributed by atoms with Crippen LogP contribution in [0.1, 0.15) is 5.56 Å². The highest BCUT2D eigenvalue weighted by Crippen LogP contribution is 2.20. The van der Waals surface area contributed by atoms with E-state index in [1.165, 1.54) is 0 Å². The molecule has 0 spiro atoms. The minimum Gasteiger partial charge on any atom is -0.198 e. The number of hydrogen-bond acceptors (Lipinski definition) is 4. The first-order valence-corrected chi connectivity index (χ1v) is 7.24. The zero-order valence-electron chi connectivity index (χ0n) is 11.3. The van der Waals surface area contributed by atoms with E-state index in [9.17, 15) is 0 Å². The van der Waals surface area contributed by atoms with Crippen molar-refractivity contribution in [1.82, 2.24) is 15.0 Å². The minimum absolute atomic E-state index is 0.0742. The van der Waals surface area contributed by atoms with Crippen LogP contribution in [0.2, 0.25) is 5.28 Å². The summed E-state index contributed by atoms with van der Waals surface area (Å²) in [5.74, 6) is 0.629. The predicted molar refractivity (Wildman–Crippen MR) is 88.8 cm³/mol. The fraction of sp³-hybridized carbons (Fsp3) is 0. The first-order chi connectivity index (χ1) is 10.7. The van der Waals surface area contributed by atoms with Gasteiger partial charge in [0.1, 0.15) is 5.17 Å². The first kappa shape index (κ1) is 14.6. The van der Waals surface area contributed by atoms with Crippen LogP contribution in [-0.4, -0.2) is 20.1 Å². The Morgan fingerprint density at radius 1 is 0.818 bits per heavy atom. The first-order valence-electron chi connectivity index (χ1n) is 6.49. The van der Waals surface area contributed by atoms with Gasteiger partial charge in [-0.25, -0.2) is 0 Å². The highest BCUT2D eigenvalue weighted by atomic mass is 35.5. The van der Waals surface area contributed by atoms with Gasteiger partial charge in [0.2, 0.25) is 5.28 Å². The van der Waals surface area contributed by atoms with Crippen molar-refractivity contribution in [1.29, 1.82) is 0 Å². The average molecular weight is 329 g/mol. The number of aromatic nitrogens is 3. The quantitative estimate of drug-likeness (QED) is 0.664. The third-order valence-corrected chi connectivity index (χ3v) is 3.31. The fourth-order valence-corrected chi connectivity index (χ4v) is 2.19. The summed E-state index contributed by atoms with van der Waals surface area (Å²) in [5.41, 5.74) is 1.61. The molecular formula is C16H10Cl2N4. The molecular weight excluding hydrogens is 319 g/mol. The molecule has 22 heavy (non-hydrogen) atoms. The summed E-state index contributed by atoms with van der Waals surface area (Å²) in [6.07, 6.45) is 0. The number of halogens is 2. The van der Waals surface area contributed by atoms with Crippen molar-refractivity contribution >= 4 is 34.3 Å². The van der Waals surface area contributed by atoms with Gasteiger partial charge in [-0.3, -0.25) is 0 Å². The molecule has 6 heteroatoms. The maximum Gasteiger partial charge on any atom is 0.255 e. The summed E-state index contributed by atoms with van der Waals surface area (Å²) in [7, 11) is 0. The van der Waals surface area contributed by atoms with E-state index in [4.69, 9.17) is 23.2 Å². The third kappa shape index (κ3) is 3.47. The molecule has 0 atom stereocenters. The summed E-state index contributed by atoms with van der Waals surface area (Å²) in [4.78, 5) is 16.6. The molecule has 1 aromatic heterocycles. The Labute approximate surface area is 137 Å². The van der Waals surface area contributed by atoms with Crippen molar-refractivity contribution in [2.75, 3.05) is 0 Å². The second kappa shape index (κ2) is 6.64. The number of benzene rings is 2. The smallest absolute Gasteiger partial charge is 0.198 e. The Hall–Kier alpha value is -2.30. The van der Waals surface area contributed by atoms with Gasteiger partial charge in [-0.15, -0.1) is 0 Å². The number of hydrogen-bond donors (Lipinski definition) is 0. The van der Waals surface area contributed by atoms with Gasteiger partial charge < -0.3 is 0 Å². The third-order valence-electron chi connectivity index (χ3n) is 2.84. The van der Waals surface area contributed by atoms with Crippen molar-refractivity contribution in [3.05, 3.63) is 71.5 Å². The molecule has 0 fully saturated rings. The zero-order chi connectivity index (χ0) is 15.4. The standard InChI is InChI=1S/C16H10Cl2N4/c17-13(11-7-3-1-4-8-11)19-16-21-14(20-15(18)22-16)12-9-5-2-6-10-12/h1-10H. The fourth-order valence-electron chi connectivity index (χ4n) is 1.83. The molecule has 3 aromatic rings. The van der Waals surface area contributed by atoms with Crippen molar-refractivity contribution < 1.29 is 0 Å². The van der Waals surface area contributed by atoms with Crippen LogP contribution in [0, 0.1) is 0 Å². The molecule has 0 radical (unpaired) electrons. The van der Waals surface area contributed by atoms with Crippen LogP contribution in [0.3, 0.4) is 0 Å². The predicted octanol–water partition coefficient (Wildman–Crippen LogP) is 4.51. The monoisotopic (exact) mass is 328 g/mol. The Bertz CT molecular complexity index is 805. The van der Waals surface area contributed by atoms with E-state index in [-0.39, 0.29) is 11.2 Å². The van der Waals surface area contributed by atoms with Crippen LogP contribution < -0.4 is 0 Å². The Morgan fingerprint density at radius 3 is 2.14 bits per heavy atom. The lowest BCUT2D eigenvalue weighted by Crippen LogP contribution is -1.96. The van der Waals surface area contributed by atoms with Crippen molar-refractivity contribution in [2.24, 2.45) is 4.99 Å². The maximum atomic E-state index is 6.20. The van der Waals surface area contributed by atoms with E-state index in [2.05, 4.69) is 19.9 Å². The second-order valence-corrected chi connectivity index (χ2v) is 5.06. The Balaban J connectivity index is 2.00. The van der Waals surface area contributed by atoms with Crippen LogP contribution >= 0.6 is 23.2 Å². The molecule has 0 aliphatic carbocycles. The highest BCUT2D eigenvalue weighted by Gasteiger charge is 2.08. The number of nitrogens with zero attached hydrogens (tertiary/aromatic N) is 4. The molecule has 3 rings (SSSR count). The lowest BCUT2D eigenvalue weighted by Gasteiger charge is -2.02. The SMILES string of the molecule is ClC(=Nc1nc(Cl)nc(-c2ccccc2)n1)c1ccccc1. The lowest BCUT2D eigenvalue weighted by atomic mass is 10.2. The van der Waals surface area contributed by atoms with Gasteiger partial charge in [0.25, 0.3) is 5.95 Å². The van der Waals surface area contributed by atoms with Crippen LogP contribution in [-0.2, 0) is 0 Å². The summed E-state index contributed by atoms with van der Waals surface area (Å²) in [6, 6.07) is 18.8.